The fraction of sp³-hybridized carbons (Fsp3) is 0.0645. The summed E-state index contributed by atoms with van der Waals surface area (Å²) in [5.74, 6) is 0. The first-order valence-corrected chi connectivity index (χ1v) is 12.4. The van der Waals surface area contributed by atoms with E-state index < -0.39 is 0 Å². The van der Waals surface area contributed by atoms with E-state index in [0.29, 0.717) is 0 Å². The molecule has 0 aliphatic carbocycles. The Kier molecular flexibility index (Phi) is 5.12. The van der Waals surface area contributed by atoms with Gasteiger partial charge in [-0.1, -0.05) is 55.1 Å². The van der Waals surface area contributed by atoms with Gasteiger partial charge in [0.25, 0.3) is 0 Å². The fourth-order valence-electron chi connectivity index (χ4n) is 4.80. The predicted octanol–water partition coefficient (Wildman–Crippen LogP) is 8.87. The smallest absolute Gasteiger partial charge is 0.0708 e. The van der Waals surface area contributed by atoms with Crippen LogP contribution in [-0.2, 0) is 0 Å². The van der Waals surface area contributed by atoms with Crippen LogP contribution in [0.4, 0.5) is 0 Å². The van der Waals surface area contributed by atoms with E-state index in [4.69, 9.17) is 4.99 Å². The number of fused-ring (bicyclic) bond motifs is 5. The van der Waals surface area contributed by atoms with Crippen molar-refractivity contribution in [3.05, 3.63) is 120 Å². The third-order valence-corrected chi connectivity index (χ3v) is 7.18. The second-order valence-electron chi connectivity index (χ2n) is 8.54. The van der Waals surface area contributed by atoms with Gasteiger partial charge in [0.2, 0.25) is 0 Å². The molecule has 5 aromatic rings. The zero-order valence-corrected chi connectivity index (χ0v) is 19.8. The second kappa shape index (κ2) is 8.44. The molecule has 0 amide bonds. The van der Waals surface area contributed by atoms with E-state index in [1.807, 2.05) is 25.2 Å². The molecule has 0 saturated heterocycles. The molecule has 0 spiro atoms. The molecule has 2 aromatic heterocycles. The molecule has 3 aromatic carbocycles. The van der Waals surface area contributed by atoms with Crippen LogP contribution in [0.2, 0.25) is 0 Å². The average Bonchev–Trinajstić information content (AvgIpc) is 3.46. The number of para-hydroxylation sites is 1. The number of benzene rings is 3. The van der Waals surface area contributed by atoms with Crippen molar-refractivity contribution in [2.24, 2.45) is 4.99 Å². The van der Waals surface area contributed by atoms with Gasteiger partial charge in [-0.25, -0.2) is 0 Å². The van der Waals surface area contributed by atoms with Crippen LogP contribution in [0.1, 0.15) is 18.9 Å². The highest BCUT2D eigenvalue weighted by atomic mass is 32.1. The lowest BCUT2D eigenvalue weighted by Gasteiger charge is -2.14. The Morgan fingerprint density at radius 3 is 2.62 bits per heavy atom. The van der Waals surface area contributed by atoms with Crippen LogP contribution in [0.25, 0.3) is 43.3 Å². The average molecular weight is 457 g/mol. The van der Waals surface area contributed by atoms with Gasteiger partial charge in [0.15, 0.2) is 0 Å². The first-order chi connectivity index (χ1) is 16.7. The molecule has 1 aliphatic rings. The molecule has 0 unspecified atom stereocenters. The number of thiophene rings is 1. The summed E-state index contributed by atoms with van der Waals surface area (Å²) in [5, 5.41) is 6.12. The maximum atomic E-state index is 4.89. The van der Waals surface area contributed by atoms with Gasteiger partial charge in [0, 0.05) is 44.2 Å². The summed E-state index contributed by atoms with van der Waals surface area (Å²) in [7, 11) is 0. The summed E-state index contributed by atoms with van der Waals surface area (Å²) in [5.41, 5.74) is 7.79. The highest BCUT2D eigenvalue weighted by Gasteiger charge is 2.15. The number of hydrogen-bond acceptors (Lipinski definition) is 2. The van der Waals surface area contributed by atoms with Gasteiger partial charge in [-0.3, -0.25) is 4.99 Å². The van der Waals surface area contributed by atoms with Crippen molar-refractivity contribution in [3.8, 4) is 5.69 Å². The zero-order valence-electron chi connectivity index (χ0n) is 19.0. The SMILES string of the molecule is C=C1C=C(c2ccc(-n3c4ccccc4c4c5ccsc5ccc43)cc2)N=C(/C=C\C=C/C)C1. The van der Waals surface area contributed by atoms with Gasteiger partial charge < -0.3 is 4.57 Å². The zero-order chi connectivity index (χ0) is 23.1. The second-order valence-corrected chi connectivity index (χ2v) is 9.49. The maximum Gasteiger partial charge on any atom is 0.0708 e. The molecule has 0 bridgehead atoms. The molecule has 2 nitrogen and oxygen atoms in total. The van der Waals surface area contributed by atoms with Gasteiger partial charge in [-0.2, -0.15) is 0 Å². The maximum absolute atomic E-state index is 4.89. The van der Waals surface area contributed by atoms with Crippen molar-refractivity contribution in [2.45, 2.75) is 13.3 Å². The summed E-state index contributed by atoms with van der Waals surface area (Å²) in [6.45, 7) is 6.22. The summed E-state index contributed by atoms with van der Waals surface area (Å²) in [4.78, 5) is 4.89. The van der Waals surface area contributed by atoms with Crippen LogP contribution in [0.3, 0.4) is 0 Å². The molecule has 164 valence electrons. The van der Waals surface area contributed by atoms with Gasteiger partial charge >= 0.3 is 0 Å². The Labute approximate surface area is 203 Å². The van der Waals surface area contributed by atoms with Gasteiger partial charge in [0.05, 0.1) is 16.7 Å². The molecule has 3 heteroatoms. The lowest BCUT2D eigenvalue weighted by Crippen LogP contribution is -2.02. The van der Waals surface area contributed by atoms with Crippen LogP contribution in [0, 0.1) is 0 Å². The number of rotatable bonds is 4. The standard InChI is InChI=1S/C31H24N2S/c1-3-4-5-8-23-19-21(2)20-27(32-23)22-11-13-24(14-12-22)33-28-10-7-6-9-25(28)31-26-17-18-34-30(26)16-15-29(31)33/h3-18,20H,2,19H2,1H3/b4-3-,8-5-. The van der Waals surface area contributed by atoms with Gasteiger partial charge in [0.1, 0.15) is 0 Å². The molecule has 3 heterocycles. The molecule has 0 saturated carbocycles. The van der Waals surface area contributed by atoms with Crippen molar-refractivity contribution < 1.29 is 0 Å². The lowest BCUT2D eigenvalue weighted by molar-refractivity contribution is 1.18. The number of nitrogens with zero attached hydrogens (tertiary/aromatic N) is 2. The molecular weight excluding hydrogens is 432 g/mol. The number of hydrogen-bond donors (Lipinski definition) is 0. The molecule has 0 fully saturated rings. The molecule has 6 rings (SSSR count). The molecule has 0 atom stereocenters. The van der Waals surface area contributed by atoms with Gasteiger partial charge in [-0.15, -0.1) is 11.3 Å². The molecular formula is C31H24N2S. The quantitative estimate of drug-likeness (QED) is 0.240. The molecule has 0 radical (unpaired) electrons. The van der Waals surface area contributed by atoms with Crippen LogP contribution < -0.4 is 0 Å². The summed E-state index contributed by atoms with van der Waals surface area (Å²) in [6.07, 6.45) is 11.0. The Hall–Kier alpha value is -3.95. The van der Waals surface area contributed by atoms with Crippen LogP contribution in [0.15, 0.2) is 120 Å². The Morgan fingerprint density at radius 1 is 0.912 bits per heavy atom. The van der Waals surface area contributed by atoms with Crippen molar-refractivity contribution >= 4 is 54.6 Å². The minimum atomic E-state index is 0.786. The van der Waals surface area contributed by atoms with E-state index in [1.54, 1.807) is 11.3 Å². The highest BCUT2D eigenvalue weighted by Crippen LogP contribution is 2.38. The predicted molar refractivity (Wildman–Crippen MR) is 149 cm³/mol. The number of aliphatic imine (C=N–C) groups is 1. The van der Waals surface area contributed by atoms with Crippen LogP contribution in [0.5, 0.6) is 0 Å². The minimum absolute atomic E-state index is 0.786. The van der Waals surface area contributed by atoms with Crippen molar-refractivity contribution in [1.29, 1.82) is 0 Å². The summed E-state index contributed by atoms with van der Waals surface area (Å²) < 4.78 is 3.70. The minimum Gasteiger partial charge on any atom is -0.309 e. The monoisotopic (exact) mass is 456 g/mol. The lowest BCUT2D eigenvalue weighted by atomic mass is 10.0. The molecule has 0 N–H and O–H groups in total. The first-order valence-electron chi connectivity index (χ1n) is 11.5. The first kappa shape index (κ1) is 20.6. The summed E-state index contributed by atoms with van der Waals surface area (Å²) >= 11 is 1.80. The Bertz CT molecular complexity index is 1680. The third-order valence-electron chi connectivity index (χ3n) is 6.29. The van der Waals surface area contributed by atoms with Crippen LogP contribution in [-0.4, -0.2) is 10.3 Å². The van der Waals surface area contributed by atoms with E-state index in [1.165, 1.54) is 31.9 Å². The third kappa shape index (κ3) is 3.46. The van der Waals surface area contributed by atoms with Crippen molar-refractivity contribution in [2.75, 3.05) is 0 Å². The van der Waals surface area contributed by atoms with E-state index >= 15 is 0 Å². The van der Waals surface area contributed by atoms with Crippen molar-refractivity contribution in [1.82, 2.24) is 4.57 Å². The van der Waals surface area contributed by atoms with Gasteiger partial charge in [-0.05, 0) is 66.4 Å². The highest BCUT2D eigenvalue weighted by molar-refractivity contribution is 7.17. The summed E-state index contributed by atoms with van der Waals surface area (Å²) in [6, 6.07) is 24.1. The largest absolute Gasteiger partial charge is 0.309 e. The van der Waals surface area contributed by atoms with E-state index in [-0.39, 0.29) is 0 Å². The Morgan fingerprint density at radius 2 is 1.76 bits per heavy atom. The molecule has 34 heavy (non-hydrogen) atoms. The normalized spacial score (nSPS) is 14.7. The van der Waals surface area contributed by atoms with Crippen molar-refractivity contribution in [3.63, 3.8) is 0 Å². The number of allylic oxidation sites excluding steroid dienone is 6. The van der Waals surface area contributed by atoms with E-state index in [2.05, 4.69) is 95.4 Å². The number of aromatic nitrogens is 1. The fourth-order valence-corrected chi connectivity index (χ4v) is 5.59. The van der Waals surface area contributed by atoms with E-state index in [9.17, 15) is 0 Å². The van der Waals surface area contributed by atoms with E-state index in [0.717, 1.165) is 34.7 Å². The topological polar surface area (TPSA) is 17.3 Å². The van der Waals surface area contributed by atoms with Crippen LogP contribution >= 0.6 is 11.3 Å². The Balaban J connectivity index is 1.46. The molecule has 1 aliphatic heterocycles.